The van der Waals surface area contributed by atoms with Gasteiger partial charge in [-0.25, -0.2) is 9.18 Å². The highest BCUT2D eigenvalue weighted by atomic mass is 35.5. The van der Waals surface area contributed by atoms with Crippen LogP contribution in [-0.4, -0.2) is 31.0 Å². The van der Waals surface area contributed by atoms with Gasteiger partial charge in [0.05, 0.1) is 11.2 Å². The zero-order valence-electron chi connectivity index (χ0n) is 18.1. The number of carbonyl (C=O) groups is 1. The van der Waals surface area contributed by atoms with Crippen molar-refractivity contribution in [2.75, 3.05) is 6.54 Å². The SMILES string of the molecule is CC1(C)OB(C(=Cc2cc(Cl)ccc2F)CNC(=O)OCc2ccccc2)OC1(C)C. The molecule has 31 heavy (non-hydrogen) atoms. The monoisotopic (exact) mass is 445 g/mol. The van der Waals surface area contributed by atoms with Gasteiger partial charge in [0.1, 0.15) is 12.4 Å². The Morgan fingerprint density at radius 3 is 2.42 bits per heavy atom. The lowest BCUT2D eigenvalue weighted by Gasteiger charge is -2.32. The molecule has 0 spiro atoms. The Balaban J connectivity index is 1.75. The van der Waals surface area contributed by atoms with Gasteiger partial charge in [-0.05, 0) is 56.9 Å². The highest BCUT2D eigenvalue weighted by Gasteiger charge is 2.52. The van der Waals surface area contributed by atoms with E-state index in [1.807, 2.05) is 58.0 Å². The third-order valence-corrected chi connectivity index (χ3v) is 5.74. The molecular weight excluding hydrogens is 420 g/mol. The topological polar surface area (TPSA) is 56.8 Å². The van der Waals surface area contributed by atoms with Gasteiger partial charge in [0.2, 0.25) is 0 Å². The minimum Gasteiger partial charge on any atom is -0.445 e. The molecular formula is C23H26BClFNO4. The number of nitrogens with one attached hydrogen (secondary N) is 1. The van der Waals surface area contributed by atoms with Crippen LogP contribution in [0, 0.1) is 5.82 Å². The van der Waals surface area contributed by atoms with Gasteiger partial charge in [-0.3, -0.25) is 0 Å². The first kappa shape index (κ1) is 23.3. The van der Waals surface area contributed by atoms with Crippen molar-refractivity contribution < 1.29 is 23.2 Å². The minimum atomic E-state index is -0.766. The van der Waals surface area contributed by atoms with Crippen molar-refractivity contribution in [3.05, 3.63) is 76.0 Å². The van der Waals surface area contributed by atoms with E-state index in [2.05, 4.69) is 5.32 Å². The van der Waals surface area contributed by atoms with E-state index < -0.39 is 30.2 Å². The van der Waals surface area contributed by atoms with Crippen LogP contribution in [0.25, 0.3) is 6.08 Å². The Kier molecular flexibility index (Phi) is 7.09. The summed E-state index contributed by atoms with van der Waals surface area (Å²) in [6, 6.07) is 13.6. The molecule has 0 aromatic heterocycles. The summed E-state index contributed by atoms with van der Waals surface area (Å²) in [5.74, 6) is -0.440. The smallest absolute Gasteiger partial charge is 0.445 e. The number of halogens is 2. The average molecular weight is 446 g/mol. The first-order valence-electron chi connectivity index (χ1n) is 10.0. The lowest BCUT2D eigenvalue weighted by molar-refractivity contribution is 0.00578. The fourth-order valence-electron chi connectivity index (χ4n) is 2.97. The lowest BCUT2D eigenvalue weighted by atomic mass is 9.77. The predicted octanol–water partition coefficient (Wildman–Crippen LogP) is 5.42. The lowest BCUT2D eigenvalue weighted by Crippen LogP contribution is -2.41. The van der Waals surface area contributed by atoms with E-state index in [9.17, 15) is 9.18 Å². The fraction of sp³-hybridized carbons (Fsp3) is 0.348. The third-order valence-electron chi connectivity index (χ3n) is 5.50. The summed E-state index contributed by atoms with van der Waals surface area (Å²) in [5, 5.41) is 3.09. The molecule has 5 nitrogen and oxygen atoms in total. The number of alkyl carbamates (subject to hydrolysis) is 1. The van der Waals surface area contributed by atoms with Crippen LogP contribution >= 0.6 is 11.6 Å². The van der Waals surface area contributed by atoms with Crippen molar-refractivity contribution in [2.24, 2.45) is 0 Å². The largest absolute Gasteiger partial charge is 0.492 e. The van der Waals surface area contributed by atoms with Crippen LogP contribution in [0.15, 0.2) is 54.0 Å². The number of carbonyl (C=O) groups excluding carboxylic acids is 1. The van der Waals surface area contributed by atoms with Crippen molar-refractivity contribution in [3.8, 4) is 0 Å². The van der Waals surface area contributed by atoms with E-state index in [1.54, 1.807) is 6.08 Å². The number of hydrogen-bond acceptors (Lipinski definition) is 4. The fourth-order valence-corrected chi connectivity index (χ4v) is 3.15. The molecule has 0 bridgehead atoms. The maximum absolute atomic E-state index is 14.3. The van der Waals surface area contributed by atoms with E-state index in [0.29, 0.717) is 10.5 Å². The van der Waals surface area contributed by atoms with E-state index in [-0.39, 0.29) is 18.7 Å². The second-order valence-corrected chi connectivity index (χ2v) is 8.83. The summed E-state index contributed by atoms with van der Waals surface area (Å²) < 4.78 is 31.8. The van der Waals surface area contributed by atoms with Crippen LogP contribution in [0.2, 0.25) is 5.02 Å². The number of benzene rings is 2. The molecule has 0 atom stereocenters. The molecule has 1 amide bonds. The van der Waals surface area contributed by atoms with E-state index in [4.69, 9.17) is 25.6 Å². The molecule has 1 heterocycles. The van der Waals surface area contributed by atoms with Crippen LogP contribution in [-0.2, 0) is 20.7 Å². The zero-order valence-corrected chi connectivity index (χ0v) is 18.8. The number of hydrogen-bond donors (Lipinski definition) is 1. The average Bonchev–Trinajstić information content (AvgIpc) is 2.94. The van der Waals surface area contributed by atoms with Gasteiger partial charge in [-0.1, -0.05) is 48.0 Å². The van der Waals surface area contributed by atoms with E-state index in [0.717, 1.165) is 5.56 Å². The van der Waals surface area contributed by atoms with Crippen molar-refractivity contribution in [3.63, 3.8) is 0 Å². The second kappa shape index (κ2) is 9.43. The Morgan fingerprint density at radius 1 is 1.13 bits per heavy atom. The second-order valence-electron chi connectivity index (χ2n) is 8.39. The van der Waals surface area contributed by atoms with Crippen LogP contribution < -0.4 is 5.32 Å². The molecule has 164 valence electrons. The Labute approximate surface area is 187 Å². The molecule has 1 N–H and O–H groups in total. The first-order valence-corrected chi connectivity index (χ1v) is 10.4. The normalized spacial score (nSPS) is 17.5. The number of rotatable bonds is 6. The summed E-state index contributed by atoms with van der Waals surface area (Å²) in [4.78, 5) is 12.2. The molecule has 0 radical (unpaired) electrons. The summed E-state index contributed by atoms with van der Waals surface area (Å²) >= 11 is 6.03. The zero-order chi connectivity index (χ0) is 22.6. The molecule has 2 aromatic carbocycles. The predicted molar refractivity (Wildman–Crippen MR) is 120 cm³/mol. The highest BCUT2D eigenvalue weighted by Crippen LogP contribution is 2.38. The Hall–Kier alpha value is -2.35. The first-order chi connectivity index (χ1) is 14.6. The van der Waals surface area contributed by atoms with Gasteiger partial charge >= 0.3 is 13.2 Å². The van der Waals surface area contributed by atoms with Crippen LogP contribution in [0.4, 0.5) is 9.18 Å². The van der Waals surface area contributed by atoms with Crippen LogP contribution in [0.5, 0.6) is 0 Å². The van der Waals surface area contributed by atoms with Gasteiger partial charge in [0, 0.05) is 17.1 Å². The third kappa shape index (κ3) is 5.88. The maximum Gasteiger partial charge on any atom is 0.492 e. The van der Waals surface area contributed by atoms with Crippen LogP contribution in [0.3, 0.4) is 0 Å². The number of ether oxygens (including phenoxy) is 1. The van der Waals surface area contributed by atoms with Gasteiger partial charge in [-0.2, -0.15) is 0 Å². The summed E-state index contributed by atoms with van der Waals surface area (Å²) in [7, 11) is -0.766. The molecule has 1 fully saturated rings. The standard InChI is InChI=1S/C23H26BClFNO4/c1-22(2)23(3,4)31-24(30-22)18(12-17-13-19(25)10-11-20(17)26)14-27-21(28)29-15-16-8-6-5-7-9-16/h5-13H,14-15H2,1-4H3,(H,27,28). The molecule has 0 saturated carbocycles. The molecule has 0 aliphatic carbocycles. The quantitative estimate of drug-likeness (QED) is 0.603. The van der Waals surface area contributed by atoms with Crippen LogP contribution in [0.1, 0.15) is 38.8 Å². The Bertz CT molecular complexity index is 949. The summed E-state index contributed by atoms with van der Waals surface area (Å²) in [6.07, 6.45) is 0.985. The van der Waals surface area contributed by atoms with Gasteiger partial charge in [0.25, 0.3) is 0 Å². The molecule has 2 aromatic rings. The molecule has 0 unspecified atom stereocenters. The summed E-state index contributed by atoms with van der Waals surface area (Å²) in [6.45, 7) is 7.89. The van der Waals surface area contributed by atoms with Crippen molar-refractivity contribution in [1.82, 2.24) is 5.32 Å². The van der Waals surface area contributed by atoms with E-state index in [1.165, 1.54) is 18.2 Å². The maximum atomic E-state index is 14.3. The molecule has 1 saturated heterocycles. The molecule has 8 heteroatoms. The van der Waals surface area contributed by atoms with Gasteiger partial charge in [0.15, 0.2) is 0 Å². The Morgan fingerprint density at radius 2 is 1.77 bits per heavy atom. The summed E-state index contributed by atoms with van der Waals surface area (Å²) in [5.41, 5.74) is 0.517. The molecule has 1 aliphatic heterocycles. The van der Waals surface area contributed by atoms with Crippen molar-refractivity contribution >= 4 is 30.9 Å². The highest BCUT2D eigenvalue weighted by molar-refractivity contribution is 6.56. The minimum absolute atomic E-state index is 0.0520. The van der Waals surface area contributed by atoms with Gasteiger partial charge < -0.3 is 19.4 Å². The molecule has 1 aliphatic rings. The molecule has 3 rings (SSSR count). The van der Waals surface area contributed by atoms with E-state index >= 15 is 0 Å². The number of amides is 1. The van der Waals surface area contributed by atoms with Crippen molar-refractivity contribution in [1.29, 1.82) is 0 Å². The van der Waals surface area contributed by atoms with Crippen molar-refractivity contribution in [2.45, 2.75) is 45.5 Å². The van der Waals surface area contributed by atoms with Gasteiger partial charge in [-0.15, -0.1) is 0 Å².